The van der Waals surface area contributed by atoms with Crippen LogP contribution in [0.2, 0.25) is 0 Å². The van der Waals surface area contributed by atoms with Crippen LogP contribution in [0.15, 0.2) is 44.6 Å². The molecule has 0 saturated heterocycles. The number of aromatic nitrogens is 2. The Morgan fingerprint density at radius 3 is 2.50 bits per heavy atom. The number of hydrogen-bond donors (Lipinski definition) is 3. The Balaban J connectivity index is 2.63. The average Bonchev–Trinajstić information content (AvgIpc) is 3.12. The zero-order valence-corrected chi connectivity index (χ0v) is 16.1. The number of quaternary nitrogens is 1. The highest BCUT2D eigenvalue weighted by Crippen LogP contribution is 2.39. The average molecular weight is 429 g/mol. The van der Waals surface area contributed by atoms with E-state index in [0.29, 0.717) is 16.6 Å². The Labute approximate surface area is 168 Å². The second kappa shape index (κ2) is 8.40. The third-order valence-electron chi connectivity index (χ3n) is 3.58. The SMILES string of the molecule is C=C(C)/C(Cl)=C(C)\C(=C(\Cl)[NH2+][O-])c1noc(-c2cc(O)c(O)c([N+](=O)[O-])c2)n1. The zero-order chi connectivity index (χ0) is 21.2. The van der Waals surface area contributed by atoms with Gasteiger partial charge in [-0.3, -0.25) is 10.1 Å². The molecule has 4 N–H and O–H groups in total. The maximum Gasteiger partial charge on any atom is 0.315 e. The fourth-order valence-electron chi connectivity index (χ4n) is 2.25. The Morgan fingerprint density at radius 2 is 1.96 bits per heavy atom. The van der Waals surface area contributed by atoms with Crippen LogP contribution >= 0.6 is 23.2 Å². The summed E-state index contributed by atoms with van der Waals surface area (Å²) in [4.78, 5) is 14.2. The van der Waals surface area contributed by atoms with Crippen LogP contribution in [0, 0.1) is 15.3 Å². The largest absolute Gasteiger partial charge is 0.630 e. The highest BCUT2D eigenvalue weighted by Gasteiger charge is 2.25. The molecule has 2 aromatic rings. The molecule has 0 spiro atoms. The Bertz CT molecular complexity index is 1030. The van der Waals surface area contributed by atoms with Gasteiger partial charge in [0, 0.05) is 11.1 Å². The lowest BCUT2D eigenvalue weighted by Gasteiger charge is -2.09. The fraction of sp³-hybridized carbons (Fsp3) is 0.125. The summed E-state index contributed by atoms with van der Waals surface area (Å²) in [6.45, 7) is 6.94. The molecule has 28 heavy (non-hydrogen) atoms. The number of benzene rings is 1. The van der Waals surface area contributed by atoms with Gasteiger partial charge in [-0.1, -0.05) is 23.3 Å². The third-order valence-corrected chi connectivity index (χ3v) is 4.47. The van der Waals surface area contributed by atoms with Gasteiger partial charge < -0.3 is 25.4 Å². The number of hydrogen-bond acceptors (Lipinski definition) is 8. The lowest BCUT2D eigenvalue weighted by Crippen LogP contribution is -2.73. The summed E-state index contributed by atoms with van der Waals surface area (Å²) in [6.07, 6.45) is 0. The van der Waals surface area contributed by atoms with Gasteiger partial charge in [-0.15, -0.1) is 0 Å². The number of phenolic OH excluding ortho intramolecular Hbond substituents is 2. The molecule has 0 radical (unpaired) electrons. The number of halogens is 2. The maximum atomic E-state index is 11.2. The molecule has 0 saturated carbocycles. The van der Waals surface area contributed by atoms with Gasteiger partial charge in [0.15, 0.2) is 5.75 Å². The van der Waals surface area contributed by atoms with Crippen LogP contribution in [0.5, 0.6) is 11.5 Å². The molecule has 148 valence electrons. The molecule has 1 aromatic heterocycles. The minimum atomic E-state index is -0.898. The van der Waals surface area contributed by atoms with Crippen LogP contribution in [0.3, 0.4) is 0 Å². The van der Waals surface area contributed by atoms with Gasteiger partial charge >= 0.3 is 5.69 Å². The molecule has 12 heteroatoms. The van der Waals surface area contributed by atoms with Crippen molar-refractivity contribution in [2.75, 3.05) is 0 Å². The van der Waals surface area contributed by atoms with Crippen LogP contribution in [-0.2, 0) is 0 Å². The van der Waals surface area contributed by atoms with Gasteiger partial charge in [0.2, 0.25) is 16.7 Å². The minimum absolute atomic E-state index is 0.0324. The van der Waals surface area contributed by atoms with Gasteiger partial charge in [-0.25, -0.2) is 0 Å². The van der Waals surface area contributed by atoms with Crippen molar-refractivity contribution in [1.29, 1.82) is 0 Å². The van der Waals surface area contributed by atoms with Crippen LogP contribution in [0.4, 0.5) is 5.69 Å². The van der Waals surface area contributed by atoms with E-state index in [4.69, 9.17) is 27.7 Å². The molecule has 1 heterocycles. The van der Waals surface area contributed by atoms with Crippen molar-refractivity contribution in [3.8, 4) is 23.0 Å². The van der Waals surface area contributed by atoms with Gasteiger partial charge in [-0.2, -0.15) is 4.98 Å². The van der Waals surface area contributed by atoms with Gasteiger partial charge in [-0.05, 0) is 42.7 Å². The number of allylic oxidation sites excluding steroid dienone is 4. The molecule has 0 atom stereocenters. The topological polar surface area (TPSA) is 162 Å². The molecule has 0 fully saturated rings. The second-order valence-corrected chi connectivity index (χ2v) is 6.39. The molecule has 2 rings (SSSR count). The number of phenols is 2. The van der Waals surface area contributed by atoms with Crippen molar-refractivity contribution < 1.29 is 25.1 Å². The number of hydroxylamine groups is 1. The number of nitrogens with zero attached hydrogens (tertiary/aromatic N) is 3. The monoisotopic (exact) mass is 428 g/mol. The van der Waals surface area contributed by atoms with Crippen LogP contribution < -0.4 is 5.48 Å². The van der Waals surface area contributed by atoms with Crippen molar-refractivity contribution in [3.63, 3.8) is 0 Å². The van der Waals surface area contributed by atoms with E-state index in [-0.39, 0.29) is 33.0 Å². The molecule has 0 aliphatic rings. The zero-order valence-electron chi connectivity index (χ0n) is 14.6. The Kier molecular flexibility index (Phi) is 6.41. The van der Waals surface area contributed by atoms with Crippen LogP contribution in [0.25, 0.3) is 17.0 Å². The van der Waals surface area contributed by atoms with Crippen molar-refractivity contribution in [2.24, 2.45) is 0 Å². The Morgan fingerprint density at radius 1 is 1.32 bits per heavy atom. The van der Waals surface area contributed by atoms with Crippen LogP contribution in [-0.4, -0.2) is 25.3 Å². The number of aromatic hydroxyl groups is 2. The van der Waals surface area contributed by atoms with E-state index >= 15 is 0 Å². The first-order chi connectivity index (χ1) is 13.1. The van der Waals surface area contributed by atoms with Crippen molar-refractivity contribution in [2.45, 2.75) is 13.8 Å². The van der Waals surface area contributed by atoms with Crippen LogP contribution in [0.1, 0.15) is 19.7 Å². The summed E-state index contributed by atoms with van der Waals surface area (Å²) < 4.78 is 5.07. The van der Waals surface area contributed by atoms with Gasteiger partial charge in [0.25, 0.3) is 5.89 Å². The fourth-order valence-corrected chi connectivity index (χ4v) is 2.57. The van der Waals surface area contributed by atoms with Crippen molar-refractivity contribution >= 4 is 34.5 Å². The second-order valence-electron chi connectivity index (χ2n) is 5.60. The normalized spacial score (nSPS) is 13.0. The third kappa shape index (κ3) is 4.15. The summed E-state index contributed by atoms with van der Waals surface area (Å²) in [7, 11) is 0. The standard InChI is InChI=1S/C16H14Cl2N4O6/c1-6(2)12(17)7(3)11(14(18)20-25)15-19-16(28-21-15)8-4-9(22(26)27)13(24)10(23)5-8/h4-5,23-24H,1,20H2,2-3H3/b12-7+,14-11+. The summed E-state index contributed by atoms with van der Waals surface area (Å²) in [5.41, 5.74) is 0.536. The number of rotatable bonds is 6. The number of nitro benzene ring substituents is 1. The predicted octanol–water partition coefficient (Wildman–Crippen LogP) is 3.11. The minimum Gasteiger partial charge on any atom is -0.630 e. The summed E-state index contributed by atoms with van der Waals surface area (Å²) in [5, 5.41) is 45.2. The molecule has 0 aliphatic carbocycles. The molecular weight excluding hydrogens is 415 g/mol. The first-order valence-corrected chi connectivity index (χ1v) is 8.26. The summed E-state index contributed by atoms with van der Waals surface area (Å²) in [6, 6.07) is 1.95. The maximum absolute atomic E-state index is 11.2. The molecule has 0 bridgehead atoms. The quantitative estimate of drug-likeness (QED) is 0.207. The van der Waals surface area contributed by atoms with E-state index in [1.165, 1.54) is 0 Å². The molecule has 10 nitrogen and oxygen atoms in total. The van der Waals surface area contributed by atoms with E-state index in [1.54, 1.807) is 13.8 Å². The molecule has 0 unspecified atom stereocenters. The molecule has 1 aromatic carbocycles. The van der Waals surface area contributed by atoms with Gasteiger partial charge in [0.05, 0.1) is 10.5 Å². The smallest absolute Gasteiger partial charge is 0.315 e. The Hall–Kier alpha value is -2.92. The predicted molar refractivity (Wildman–Crippen MR) is 101 cm³/mol. The highest BCUT2D eigenvalue weighted by molar-refractivity contribution is 6.35. The molecule has 0 amide bonds. The molecular formula is C16H14Cl2N4O6. The highest BCUT2D eigenvalue weighted by atomic mass is 35.5. The lowest BCUT2D eigenvalue weighted by atomic mass is 10.1. The van der Waals surface area contributed by atoms with E-state index in [9.17, 15) is 25.5 Å². The van der Waals surface area contributed by atoms with E-state index < -0.39 is 22.1 Å². The van der Waals surface area contributed by atoms with E-state index in [0.717, 1.165) is 12.1 Å². The molecule has 0 aliphatic heterocycles. The first-order valence-electron chi connectivity index (χ1n) is 7.50. The van der Waals surface area contributed by atoms with Gasteiger partial charge in [0.1, 0.15) is 5.57 Å². The first kappa shape index (κ1) is 21.4. The van der Waals surface area contributed by atoms with Crippen molar-refractivity contribution in [3.05, 3.63) is 61.2 Å². The van der Waals surface area contributed by atoms with E-state index in [2.05, 4.69) is 16.7 Å². The summed E-state index contributed by atoms with van der Waals surface area (Å²) >= 11 is 12.2. The van der Waals surface area contributed by atoms with E-state index in [1.807, 2.05) is 0 Å². The number of nitro groups is 1. The van der Waals surface area contributed by atoms with Crippen molar-refractivity contribution in [1.82, 2.24) is 10.1 Å². The lowest BCUT2D eigenvalue weighted by molar-refractivity contribution is -0.523. The summed E-state index contributed by atoms with van der Waals surface area (Å²) in [5.74, 6) is -1.98. The number of nitrogens with two attached hydrogens (primary N) is 1.